The highest BCUT2D eigenvalue weighted by Gasteiger charge is 2.28. The third-order valence-corrected chi connectivity index (χ3v) is 5.17. The summed E-state index contributed by atoms with van der Waals surface area (Å²) in [6.07, 6.45) is 4.00. The van der Waals surface area contributed by atoms with Gasteiger partial charge in [-0.3, -0.25) is 4.99 Å². The van der Waals surface area contributed by atoms with Gasteiger partial charge >= 0.3 is 0 Å². The molecule has 2 heterocycles. The van der Waals surface area contributed by atoms with E-state index in [0.717, 1.165) is 57.3 Å². The molecule has 2 rings (SSSR count). The molecule has 0 amide bonds. The van der Waals surface area contributed by atoms with Crippen molar-refractivity contribution in [3.8, 4) is 0 Å². The van der Waals surface area contributed by atoms with Crippen molar-refractivity contribution in [2.75, 3.05) is 43.8 Å². The molecule has 25 heavy (non-hydrogen) atoms. The first kappa shape index (κ1) is 22.3. The minimum Gasteiger partial charge on any atom is -0.370 e. The van der Waals surface area contributed by atoms with E-state index in [1.807, 2.05) is 24.4 Å². The van der Waals surface area contributed by atoms with Gasteiger partial charge in [0.25, 0.3) is 0 Å². The van der Waals surface area contributed by atoms with E-state index in [1.54, 1.807) is 0 Å². The number of nitrogens with one attached hydrogen (secondary N) is 2. The topological polar surface area (TPSA) is 52.6 Å². The van der Waals surface area contributed by atoms with Crippen molar-refractivity contribution in [2.45, 2.75) is 38.4 Å². The summed E-state index contributed by atoms with van der Waals surface area (Å²) in [5.41, 5.74) is 0. The van der Waals surface area contributed by atoms with Gasteiger partial charge in [0.1, 0.15) is 5.82 Å². The number of unbranched alkanes of at least 4 members (excludes halogenated alkanes) is 1. The number of aromatic nitrogens is 1. The van der Waals surface area contributed by atoms with Gasteiger partial charge in [0.15, 0.2) is 5.96 Å². The number of rotatable bonds is 7. The Kier molecular flexibility index (Phi) is 10.6. The van der Waals surface area contributed by atoms with Gasteiger partial charge in [0, 0.05) is 49.4 Å². The molecular weight excluding hydrogens is 445 g/mol. The number of nitrogens with zero attached hydrogens (tertiary/aromatic N) is 3. The lowest BCUT2D eigenvalue weighted by atomic mass is 10.2. The van der Waals surface area contributed by atoms with Crippen LogP contribution in [-0.2, 0) is 0 Å². The minimum absolute atomic E-state index is 0. The molecule has 0 aromatic carbocycles. The van der Waals surface area contributed by atoms with Crippen molar-refractivity contribution in [2.24, 2.45) is 4.99 Å². The summed E-state index contributed by atoms with van der Waals surface area (Å²) >= 11 is 2.05. The molecule has 5 nitrogen and oxygen atoms in total. The second-order valence-electron chi connectivity index (χ2n) is 6.61. The molecule has 1 aliphatic rings. The molecule has 7 heteroatoms. The lowest BCUT2D eigenvalue weighted by molar-refractivity contribution is 0.375. The Hall–Kier alpha value is -0.700. The van der Waals surface area contributed by atoms with Crippen LogP contribution < -0.4 is 10.6 Å². The molecule has 1 aromatic rings. The van der Waals surface area contributed by atoms with Crippen LogP contribution in [0, 0.1) is 0 Å². The second-order valence-corrected chi connectivity index (χ2v) is 8.42. The molecule has 0 atom stereocenters. The predicted octanol–water partition coefficient (Wildman–Crippen LogP) is 3.68. The first-order chi connectivity index (χ1) is 11.6. The quantitative estimate of drug-likeness (QED) is 0.272. The second kappa shape index (κ2) is 11.8. The summed E-state index contributed by atoms with van der Waals surface area (Å²) < 4.78 is 0.307. The van der Waals surface area contributed by atoms with Crippen LogP contribution >= 0.6 is 35.7 Å². The van der Waals surface area contributed by atoms with Gasteiger partial charge in [-0.05, 0) is 45.7 Å². The van der Waals surface area contributed by atoms with E-state index in [2.05, 4.69) is 53.1 Å². The Bertz CT molecular complexity index is 509. The number of pyridine rings is 1. The summed E-state index contributed by atoms with van der Waals surface area (Å²) in [4.78, 5) is 11.5. The number of hydrogen-bond donors (Lipinski definition) is 2. The lowest BCUT2D eigenvalue weighted by Gasteiger charge is -2.39. The number of thioether (sulfide) groups is 1. The van der Waals surface area contributed by atoms with Gasteiger partial charge in [0.2, 0.25) is 0 Å². The third kappa shape index (κ3) is 8.48. The Morgan fingerprint density at radius 2 is 2.20 bits per heavy atom. The van der Waals surface area contributed by atoms with Crippen LogP contribution in [0.2, 0.25) is 0 Å². The normalized spacial score (nSPS) is 16.9. The zero-order chi connectivity index (χ0) is 17.3. The van der Waals surface area contributed by atoms with Gasteiger partial charge < -0.3 is 15.5 Å². The monoisotopic (exact) mass is 477 g/mol. The molecule has 142 valence electrons. The van der Waals surface area contributed by atoms with E-state index >= 15 is 0 Å². The van der Waals surface area contributed by atoms with Crippen LogP contribution in [0.3, 0.4) is 0 Å². The van der Waals surface area contributed by atoms with E-state index in [4.69, 9.17) is 4.99 Å². The van der Waals surface area contributed by atoms with Gasteiger partial charge in [-0.2, -0.15) is 11.8 Å². The molecule has 0 saturated carbocycles. The highest BCUT2D eigenvalue weighted by molar-refractivity contribution is 14.0. The maximum Gasteiger partial charge on any atom is 0.193 e. The fourth-order valence-electron chi connectivity index (χ4n) is 2.73. The zero-order valence-corrected chi connectivity index (χ0v) is 18.8. The molecule has 2 N–H and O–H groups in total. The molecule has 0 unspecified atom stereocenters. The number of guanidine groups is 1. The van der Waals surface area contributed by atoms with Gasteiger partial charge in [-0.15, -0.1) is 24.0 Å². The SMILES string of the molecule is CCNC(=NCCCCNc1ccccn1)N1CCSC(C)(C)C1.I. The summed E-state index contributed by atoms with van der Waals surface area (Å²) in [6.45, 7) is 11.6. The molecule has 1 aromatic heterocycles. The maximum absolute atomic E-state index is 4.83. The average Bonchev–Trinajstić information content (AvgIpc) is 2.57. The average molecular weight is 477 g/mol. The van der Waals surface area contributed by atoms with E-state index in [1.165, 1.54) is 5.75 Å². The van der Waals surface area contributed by atoms with Crippen molar-refractivity contribution in [3.63, 3.8) is 0 Å². The number of halogens is 1. The minimum atomic E-state index is 0. The Balaban J connectivity index is 0.00000312. The fraction of sp³-hybridized carbons (Fsp3) is 0.667. The first-order valence-corrected chi connectivity index (χ1v) is 9.91. The zero-order valence-electron chi connectivity index (χ0n) is 15.6. The number of anilines is 1. The van der Waals surface area contributed by atoms with Crippen LogP contribution in [-0.4, -0.2) is 59.1 Å². The fourth-order valence-corrected chi connectivity index (χ4v) is 3.84. The summed E-state index contributed by atoms with van der Waals surface area (Å²) in [5.74, 6) is 3.19. The van der Waals surface area contributed by atoms with E-state index < -0.39 is 0 Å². The third-order valence-electron chi connectivity index (χ3n) is 3.88. The lowest BCUT2D eigenvalue weighted by Crippen LogP contribution is -2.51. The summed E-state index contributed by atoms with van der Waals surface area (Å²) in [5, 5.41) is 6.79. The van der Waals surface area contributed by atoms with Crippen molar-refractivity contribution in [1.82, 2.24) is 15.2 Å². The van der Waals surface area contributed by atoms with Crippen molar-refractivity contribution < 1.29 is 0 Å². The van der Waals surface area contributed by atoms with E-state index in [0.29, 0.717) is 4.75 Å². The first-order valence-electron chi connectivity index (χ1n) is 8.93. The Morgan fingerprint density at radius 1 is 1.36 bits per heavy atom. The van der Waals surface area contributed by atoms with Crippen LogP contribution in [0.1, 0.15) is 33.6 Å². The molecule has 1 saturated heterocycles. The van der Waals surface area contributed by atoms with Crippen molar-refractivity contribution in [3.05, 3.63) is 24.4 Å². The summed E-state index contributed by atoms with van der Waals surface area (Å²) in [7, 11) is 0. The molecule has 0 bridgehead atoms. The van der Waals surface area contributed by atoms with Gasteiger partial charge in [-0.25, -0.2) is 4.98 Å². The van der Waals surface area contributed by atoms with Crippen LogP contribution in [0.15, 0.2) is 29.4 Å². The Labute approximate surface area is 173 Å². The molecule has 0 radical (unpaired) electrons. The van der Waals surface area contributed by atoms with Crippen molar-refractivity contribution in [1.29, 1.82) is 0 Å². The van der Waals surface area contributed by atoms with E-state index in [9.17, 15) is 0 Å². The van der Waals surface area contributed by atoms with Crippen molar-refractivity contribution >= 4 is 47.5 Å². The van der Waals surface area contributed by atoms with Crippen LogP contribution in [0.5, 0.6) is 0 Å². The highest BCUT2D eigenvalue weighted by Crippen LogP contribution is 2.29. The standard InChI is InChI=1S/C18H31N5S.HI/c1-4-19-17(23-13-14-24-18(2,3)15-23)22-12-8-7-11-21-16-9-5-6-10-20-16;/h5-6,9-10H,4,7-8,11-15H2,1-3H3,(H,19,22)(H,20,21);1H. The molecule has 1 aliphatic heterocycles. The summed E-state index contributed by atoms with van der Waals surface area (Å²) in [6, 6.07) is 5.93. The Morgan fingerprint density at radius 3 is 2.88 bits per heavy atom. The smallest absolute Gasteiger partial charge is 0.193 e. The molecule has 1 fully saturated rings. The molecule has 0 aliphatic carbocycles. The number of aliphatic imine (C=N–C) groups is 1. The molecular formula is C18H32IN5S. The predicted molar refractivity (Wildman–Crippen MR) is 121 cm³/mol. The largest absolute Gasteiger partial charge is 0.370 e. The highest BCUT2D eigenvalue weighted by atomic mass is 127. The maximum atomic E-state index is 4.83. The van der Waals surface area contributed by atoms with E-state index in [-0.39, 0.29) is 24.0 Å². The van der Waals surface area contributed by atoms with Crippen LogP contribution in [0.25, 0.3) is 0 Å². The number of hydrogen-bond acceptors (Lipinski definition) is 4. The molecule has 0 spiro atoms. The van der Waals surface area contributed by atoms with Gasteiger partial charge in [0.05, 0.1) is 0 Å². The van der Waals surface area contributed by atoms with Crippen LogP contribution in [0.4, 0.5) is 5.82 Å². The van der Waals surface area contributed by atoms with Gasteiger partial charge in [-0.1, -0.05) is 6.07 Å².